The first-order valence-electron chi connectivity index (χ1n) is 5.25. The Bertz CT molecular complexity index is 561. The molecule has 2 aromatic heterocycles. The van der Waals surface area contributed by atoms with Gasteiger partial charge in [-0.2, -0.15) is 0 Å². The highest BCUT2D eigenvalue weighted by Crippen LogP contribution is 2.26. The molecule has 0 aliphatic heterocycles. The normalized spacial score (nSPS) is 10.8. The average molecular weight is 268 g/mol. The summed E-state index contributed by atoms with van der Waals surface area (Å²) < 4.78 is 10.8. The standard InChI is InChI=1S/C11H12N2O4S/c1-6-3-8(7(2)16-6)11-13-12-9(17-11)4-18-5-10(14)15/h3H,4-5H2,1-2H3,(H,14,15). The molecule has 2 heterocycles. The molecule has 0 saturated heterocycles. The number of rotatable bonds is 5. The molecule has 0 saturated carbocycles. The van der Waals surface area contributed by atoms with Crippen LogP contribution in [-0.2, 0) is 10.5 Å². The van der Waals surface area contributed by atoms with Crippen LogP contribution in [0.15, 0.2) is 14.9 Å². The van der Waals surface area contributed by atoms with E-state index in [1.807, 2.05) is 19.9 Å². The fourth-order valence-corrected chi connectivity index (χ4v) is 2.06. The second-order valence-electron chi connectivity index (χ2n) is 3.71. The molecular weight excluding hydrogens is 256 g/mol. The van der Waals surface area contributed by atoms with E-state index >= 15 is 0 Å². The maximum absolute atomic E-state index is 10.4. The van der Waals surface area contributed by atoms with Gasteiger partial charge in [0.1, 0.15) is 11.5 Å². The van der Waals surface area contributed by atoms with Gasteiger partial charge in [0.25, 0.3) is 5.89 Å². The van der Waals surface area contributed by atoms with Gasteiger partial charge < -0.3 is 13.9 Å². The zero-order chi connectivity index (χ0) is 13.1. The molecule has 1 N–H and O–H groups in total. The predicted octanol–water partition coefficient (Wildman–Crippen LogP) is 2.26. The van der Waals surface area contributed by atoms with Crippen molar-refractivity contribution < 1.29 is 18.7 Å². The lowest BCUT2D eigenvalue weighted by atomic mass is 10.2. The molecule has 96 valence electrons. The number of furan rings is 1. The van der Waals surface area contributed by atoms with E-state index in [1.54, 1.807) is 0 Å². The van der Waals surface area contributed by atoms with E-state index in [4.69, 9.17) is 13.9 Å². The van der Waals surface area contributed by atoms with Gasteiger partial charge >= 0.3 is 5.97 Å². The minimum absolute atomic E-state index is 0.0154. The van der Waals surface area contributed by atoms with Crippen LogP contribution in [0.1, 0.15) is 17.4 Å². The molecule has 0 bridgehead atoms. The van der Waals surface area contributed by atoms with Crippen molar-refractivity contribution in [3.05, 3.63) is 23.5 Å². The summed E-state index contributed by atoms with van der Waals surface area (Å²) in [4.78, 5) is 10.4. The number of aliphatic carboxylic acids is 1. The van der Waals surface area contributed by atoms with Crippen molar-refractivity contribution in [3.8, 4) is 11.5 Å². The fourth-order valence-electron chi connectivity index (χ4n) is 1.49. The molecule has 0 aliphatic rings. The van der Waals surface area contributed by atoms with Crippen LogP contribution in [0.3, 0.4) is 0 Å². The maximum Gasteiger partial charge on any atom is 0.313 e. The number of hydrogen-bond acceptors (Lipinski definition) is 6. The van der Waals surface area contributed by atoms with Gasteiger partial charge in [-0.05, 0) is 19.9 Å². The maximum atomic E-state index is 10.4. The van der Waals surface area contributed by atoms with Crippen LogP contribution >= 0.6 is 11.8 Å². The van der Waals surface area contributed by atoms with Crippen LogP contribution in [0.4, 0.5) is 0 Å². The number of thioether (sulfide) groups is 1. The molecule has 18 heavy (non-hydrogen) atoms. The van der Waals surface area contributed by atoms with Crippen molar-refractivity contribution in [2.75, 3.05) is 5.75 Å². The van der Waals surface area contributed by atoms with E-state index in [-0.39, 0.29) is 5.75 Å². The summed E-state index contributed by atoms with van der Waals surface area (Å²) in [5, 5.41) is 16.3. The molecule has 0 amide bonds. The van der Waals surface area contributed by atoms with Crippen LogP contribution in [0, 0.1) is 13.8 Å². The molecule has 7 heteroatoms. The molecule has 0 unspecified atom stereocenters. The Morgan fingerprint density at radius 2 is 2.17 bits per heavy atom. The van der Waals surface area contributed by atoms with Crippen molar-refractivity contribution in [1.29, 1.82) is 0 Å². The average Bonchev–Trinajstić information content (AvgIpc) is 2.85. The first-order valence-corrected chi connectivity index (χ1v) is 6.41. The third-order valence-electron chi connectivity index (χ3n) is 2.19. The Hall–Kier alpha value is -1.76. The van der Waals surface area contributed by atoms with Gasteiger partial charge in [-0.15, -0.1) is 22.0 Å². The van der Waals surface area contributed by atoms with Gasteiger partial charge in [-0.25, -0.2) is 0 Å². The van der Waals surface area contributed by atoms with E-state index in [0.717, 1.165) is 17.1 Å². The zero-order valence-electron chi connectivity index (χ0n) is 9.97. The number of carboxylic acids is 1. The molecule has 6 nitrogen and oxygen atoms in total. The fraction of sp³-hybridized carbons (Fsp3) is 0.364. The van der Waals surface area contributed by atoms with Crippen molar-refractivity contribution in [1.82, 2.24) is 10.2 Å². The Balaban J connectivity index is 2.06. The zero-order valence-corrected chi connectivity index (χ0v) is 10.8. The number of aromatic nitrogens is 2. The third kappa shape index (κ3) is 2.92. The number of aryl methyl sites for hydroxylation is 2. The molecule has 2 aromatic rings. The number of carboxylic acid groups (broad SMARTS) is 1. The van der Waals surface area contributed by atoms with E-state index in [1.165, 1.54) is 11.8 Å². The Morgan fingerprint density at radius 3 is 2.78 bits per heavy atom. The lowest BCUT2D eigenvalue weighted by molar-refractivity contribution is -0.133. The van der Waals surface area contributed by atoms with Gasteiger partial charge in [-0.3, -0.25) is 4.79 Å². The number of carbonyl (C=O) groups is 1. The summed E-state index contributed by atoms with van der Waals surface area (Å²) >= 11 is 1.21. The van der Waals surface area contributed by atoms with Gasteiger partial charge in [0, 0.05) is 0 Å². The molecule has 0 atom stereocenters. The summed E-state index contributed by atoms with van der Waals surface area (Å²) in [6, 6.07) is 1.83. The highest BCUT2D eigenvalue weighted by Gasteiger charge is 2.14. The highest BCUT2D eigenvalue weighted by atomic mass is 32.2. The summed E-state index contributed by atoms with van der Waals surface area (Å²) in [6.45, 7) is 3.67. The van der Waals surface area contributed by atoms with Crippen LogP contribution in [-0.4, -0.2) is 27.0 Å². The molecule has 0 spiro atoms. The number of nitrogens with zero attached hydrogens (tertiary/aromatic N) is 2. The summed E-state index contributed by atoms with van der Waals surface area (Å²) in [5.41, 5.74) is 0.773. The summed E-state index contributed by atoms with van der Waals surface area (Å²) in [7, 11) is 0. The molecule has 0 aliphatic carbocycles. The van der Waals surface area contributed by atoms with Gasteiger partial charge in [0.05, 0.1) is 17.1 Å². The monoisotopic (exact) mass is 268 g/mol. The van der Waals surface area contributed by atoms with Crippen molar-refractivity contribution >= 4 is 17.7 Å². The lowest BCUT2D eigenvalue weighted by Gasteiger charge is -1.92. The van der Waals surface area contributed by atoms with Crippen LogP contribution in [0.25, 0.3) is 11.5 Å². The minimum Gasteiger partial charge on any atom is -0.481 e. The summed E-state index contributed by atoms with van der Waals surface area (Å²) in [6.07, 6.45) is 0. The lowest BCUT2D eigenvalue weighted by Crippen LogP contribution is -1.98. The quantitative estimate of drug-likeness (QED) is 0.889. The van der Waals surface area contributed by atoms with E-state index in [2.05, 4.69) is 10.2 Å². The topological polar surface area (TPSA) is 89.4 Å². The Morgan fingerprint density at radius 1 is 1.39 bits per heavy atom. The second-order valence-corrected chi connectivity index (χ2v) is 4.70. The predicted molar refractivity (Wildman–Crippen MR) is 65.3 cm³/mol. The minimum atomic E-state index is -0.860. The molecular formula is C11H12N2O4S. The van der Waals surface area contributed by atoms with Crippen molar-refractivity contribution in [2.24, 2.45) is 0 Å². The van der Waals surface area contributed by atoms with Crippen molar-refractivity contribution in [2.45, 2.75) is 19.6 Å². The third-order valence-corrected chi connectivity index (χ3v) is 3.09. The Kier molecular flexibility index (Phi) is 3.71. The van der Waals surface area contributed by atoms with Gasteiger partial charge in [-0.1, -0.05) is 0 Å². The molecule has 2 rings (SSSR count). The van der Waals surface area contributed by atoms with Gasteiger partial charge in [0.15, 0.2) is 0 Å². The van der Waals surface area contributed by atoms with Gasteiger partial charge in [0.2, 0.25) is 5.89 Å². The smallest absolute Gasteiger partial charge is 0.313 e. The van der Waals surface area contributed by atoms with Crippen LogP contribution in [0.5, 0.6) is 0 Å². The van der Waals surface area contributed by atoms with Crippen molar-refractivity contribution in [3.63, 3.8) is 0 Å². The second kappa shape index (κ2) is 5.26. The number of hydrogen-bond donors (Lipinski definition) is 1. The largest absolute Gasteiger partial charge is 0.481 e. The molecule has 0 aromatic carbocycles. The SMILES string of the molecule is Cc1cc(-c2nnc(CSCC(=O)O)o2)c(C)o1. The Labute approximate surface area is 107 Å². The van der Waals surface area contributed by atoms with Crippen LogP contribution < -0.4 is 0 Å². The molecule has 0 radical (unpaired) electrons. The van der Waals surface area contributed by atoms with E-state index < -0.39 is 5.97 Å². The van der Waals surface area contributed by atoms with E-state index in [9.17, 15) is 4.79 Å². The molecule has 0 fully saturated rings. The van der Waals surface area contributed by atoms with E-state index in [0.29, 0.717) is 17.5 Å². The highest BCUT2D eigenvalue weighted by molar-refractivity contribution is 7.99. The first-order chi connectivity index (χ1) is 8.56. The van der Waals surface area contributed by atoms with Crippen LogP contribution in [0.2, 0.25) is 0 Å². The summed E-state index contributed by atoms with van der Waals surface area (Å²) in [5.74, 6) is 1.85. The first kappa shape index (κ1) is 12.7.